The molecule has 4 unspecified atom stereocenters. The Morgan fingerprint density at radius 2 is 0.884 bits per heavy atom. The van der Waals surface area contributed by atoms with Crippen LogP contribution in [0.15, 0.2) is 97.1 Å². The summed E-state index contributed by atoms with van der Waals surface area (Å²) in [4.78, 5) is 120. The van der Waals surface area contributed by atoms with Crippen LogP contribution in [0.2, 0.25) is 0 Å². The lowest BCUT2D eigenvalue weighted by molar-refractivity contribution is -0.142. The van der Waals surface area contributed by atoms with E-state index in [0.29, 0.717) is 22.3 Å². The molecule has 4 rings (SSSR count). The van der Waals surface area contributed by atoms with E-state index in [0.717, 1.165) is 10.8 Å². The maximum atomic E-state index is 14.4. The van der Waals surface area contributed by atoms with Crippen molar-refractivity contribution in [3.8, 4) is 0 Å². The number of carboxylic acid groups (broad SMARTS) is 1. The van der Waals surface area contributed by atoms with Crippen LogP contribution in [-0.2, 0) is 51.2 Å². The highest BCUT2D eigenvalue weighted by atomic mass is 16.4. The number of carboxylic acids is 1. The van der Waals surface area contributed by atoms with Crippen molar-refractivity contribution < 1.29 is 48.3 Å². The van der Waals surface area contributed by atoms with Gasteiger partial charge in [-0.05, 0) is 91.1 Å². The molecule has 7 amide bonds. The van der Waals surface area contributed by atoms with E-state index >= 15 is 0 Å². The second-order valence-electron chi connectivity index (χ2n) is 19.3. The minimum atomic E-state index is -1.77. The van der Waals surface area contributed by atoms with Crippen LogP contribution in [0.4, 0.5) is 0 Å². The molecule has 4 atom stereocenters. The summed E-state index contributed by atoms with van der Waals surface area (Å²) in [6, 6.07) is 23.0. The molecule has 69 heavy (non-hydrogen) atoms. The Morgan fingerprint density at radius 3 is 1.38 bits per heavy atom. The van der Waals surface area contributed by atoms with Crippen LogP contribution in [0.5, 0.6) is 0 Å². The summed E-state index contributed by atoms with van der Waals surface area (Å²) in [7, 11) is 0. The van der Waals surface area contributed by atoms with Crippen LogP contribution >= 0.6 is 0 Å². The molecule has 368 valence electrons. The predicted octanol–water partition coefficient (Wildman–Crippen LogP) is 2.34. The number of nitrogens with two attached hydrogens (primary N) is 1. The molecule has 18 nitrogen and oxygen atoms in total. The SMILES string of the molecule is CC(NC(=O)C(C)(C)NC(=O)C(Cc1ccc(C(=O)c2ccccc2)cc1)NC(=O)C(C)(C)NC(=O)C(Cc1ccc2ccccc2c1)NC(=O)C(C)(C)NC(=O)C(C)NC(=O)C(C)(C)N)C(=O)O. The van der Waals surface area contributed by atoms with E-state index in [1.807, 2.05) is 36.4 Å². The zero-order chi connectivity index (χ0) is 51.6. The Bertz CT molecular complexity index is 2590. The fourth-order valence-corrected chi connectivity index (χ4v) is 6.75. The van der Waals surface area contributed by atoms with Gasteiger partial charge in [-0.2, -0.15) is 0 Å². The molecule has 10 N–H and O–H groups in total. The number of hydrogen-bond donors (Lipinski definition) is 9. The quantitative estimate of drug-likeness (QED) is 0.0547. The molecule has 0 spiro atoms. The molecule has 0 fully saturated rings. The van der Waals surface area contributed by atoms with Gasteiger partial charge in [0.2, 0.25) is 41.4 Å². The van der Waals surface area contributed by atoms with Gasteiger partial charge in [-0.15, -0.1) is 0 Å². The smallest absolute Gasteiger partial charge is 0.325 e. The third-order valence-electron chi connectivity index (χ3n) is 11.2. The number of fused-ring (bicyclic) bond motifs is 1. The van der Waals surface area contributed by atoms with Crippen molar-refractivity contribution in [2.45, 2.75) is 128 Å². The lowest BCUT2D eigenvalue weighted by atomic mass is 9.96. The molecule has 0 aliphatic rings. The van der Waals surface area contributed by atoms with E-state index in [4.69, 9.17) is 5.73 Å². The molecule has 4 aromatic carbocycles. The minimum Gasteiger partial charge on any atom is -0.480 e. The summed E-state index contributed by atoms with van der Waals surface area (Å²) in [5.41, 5.74) is 1.51. The van der Waals surface area contributed by atoms with Crippen LogP contribution in [0.1, 0.15) is 96.3 Å². The van der Waals surface area contributed by atoms with E-state index in [1.165, 1.54) is 69.2 Å². The van der Waals surface area contributed by atoms with Crippen LogP contribution < -0.4 is 43.0 Å². The van der Waals surface area contributed by atoms with Crippen LogP contribution in [0.25, 0.3) is 10.8 Å². The van der Waals surface area contributed by atoms with Crippen molar-refractivity contribution in [2.75, 3.05) is 0 Å². The Hall–Kier alpha value is -7.47. The normalized spacial score (nSPS) is 13.6. The molecule has 18 heteroatoms. The van der Waals surface area contributed by atoms with Gasteiger partial charge in [-0.25, -0.2) is 0 Å². The highest BCUT2D eigenvalue weighted by molar-refractivity contribution is 6.09. The van der Waals surface area contributed by atoms with Gasteiger partial charge >= 0.3 is 5.97 Å². The number of amides is 7. The summed E-state index contributed by atoms with van der Waals surface area (Å²) < 4.78 is 0. The maximum absolute atomic E-state index is 14.4. The fraction of sp³-hybridized carbons (Fsp3) is 0.392. The van der Waals surface area contributed by atoms with Gasteiger partial charge in [0.1, 0.15) is 40.8 Å². The molecule has 0 saturated heterocycles. The third-order valence-corrected chi connectivity index (χ3v) is 11.2. The number of aliphatic carboxylic acids is 1. The Morgan fingerprint density at radius 1 is 0.478 bits per heavy atom. The van der Waals surface area contributed by atoms with Gasteiger partial charge in [0, 0.05) is 24.0 Å². The number of hydrogen-bond acceptors (Lipinski definition) is 10. The van der Waals surface area contributed by atoms with Crippen molar-refractivity contribution in [1.29, 1.82) is 0 Å². The monoisotopic (exact) mass is 948 g/mol. The highest BCUT2D eigenvalue weighted by Gasteiger charge is 2.40. The predicted molar refractivity (Wildman–Crippen MR) is 259 cm³/mol. The average Bonchev–Trinajstić information content (AvgIpc) is 3.27. The number of rotatable bonds is 21. The molecule has 0 aliphatic carbocycles. The largest absolute Gasteiger partial charge is 0.480 e. The van der Waals surface area contributed by atoms with Gasteiger partial charge in [-0.1, -0.05) is 97.1 Å². The minimum absolute atomic E-state index is 0.0619. The second kappa shape index (κ2) is 22.1. The second-order valence-corrected chi connectivity index (χ2v) is 19.3. The lowest BCUT2D eigenvalue weighted by Gasteiger charge is -2.33. The first-order chi connectivity index (χ1) is 32.0. The van der Waals surface area contributed by atoms with E-state index in [-0.39, 0.29) is 18.6 Å². The first-order valence-electron chi connectivity index (χ1n) is 22.4. The molecular weight excluding hydrogens is 885 g/mol. The fourth-order valence-electron chi connectivity index (χ4n) is 6.75. The van der Waals surface area contributed by atoms with E-state index in [2.05, 4.69) is 37.2 Å². The van der Waals surface area contributed by atoms with Crippen molar-refractivity contribution >= 4 is 63.9 Å². The average molecular weight is 949 g/mol. The van der Waals surface area contributed by atoms with Crippen LogP contribution in [-0.4, -0.2) is 105 Å². The zero-order valence-electron chi connectivity index (χ0n) is 40.7. The highest BCUT2D eigenvalue weighted by Crippen LogP contribution is 2.19. The van der Waals surface area contributed by atoms with Gasteiger partial charge in [-0.3, -0.25) is 43.2 Å². The first kappa shape index (κ1) is 54.1. The zero-order valence-corrected chi connectivity index (χ0v) is 40.7. The van der Waals surface area contributed by atoms with Crippen LogP contribution in [0.3, 0.4) is 0 Å². The summed E-state index contributed by atoms with van der Waals surface area (Å²) in [5.74, 6) is -6.87. The van der Waals surface area contributed by atoms with Crippen molar-refractivity contribution in [2.24, 2.45) is 5.73 Å². The number of nitrogens with one attached hydrogen (secondary N) is 7. The Labute approximate surface area is 401 Å². The molecule has 4 aromatic rings. The van der Waals surface area contributed by atoms with Crippen molar-refractivity contribution in [3.05, 3.63) is 119 Å². The lowest BCUT2D eigenvalue weighted by Crippen LogP contribution is -2.65. The molecule has 0 radical (unpaired) electrons. The van der Waals surface area contributed by atoms with Crippen molar-refractivity contribution in [1.82, 2.24) is 37.2 Å². The van der Waals surface area contributed by atoms with E-state index in [9.17, 15) is 48.3 Å². The summed E-state index contributed by atoms with van der Waals surface area (Å²) in [6.45, 7) is 14.0. The maximum Gasteiger partial charge on any atom is 0.325 e. The van der Waals surface area contributed by atoms with Gasteiger partial charge in [0.05, 0.1) is 5.54 Å². The van der Waals surface area contributed by atoms with Crippen LogP contribution in [0, 0.1) is 0 Å². The van der Waals surface area contributed by atoms with Gasteiger partial charge in [0.25, 0.3) is 0 Å². The summed E-state index contributed by atoms with van der Waals surface area (Å²) in [5, 5.41) is 29.3. The Kier molecular flexibility index (Phi) is 17.3. The molecule has 0 heterocycles. The van der Waals surface area contributed by atoms with E-state index in [1.54, 1.807) is 60.7 Å². The molecule has 0 saturated carbocycles. The number of carbonyl (C=O) groups is 9. The molecular formula is C51H64N8O10. The summed E-state index contributed by atoms with van der Waals surface area (Å²) in [6.07, 6.45) is -0.216. The number of benzene rings is 4. The molecule has 0 bridgehead atoms. The third kappa shape index (κ3) is 15.0. The van der Waals surface area contributed by atoms with E-state index < -0.39 is 93.6 Å². The topological polar surface area (TPSA) is 284 Å². The molecule has 0 aromatic heterocycles. The summed E-state index contributed by atoms with van der Waals surface area (Å²) >= 11 is 0. The van der Waals surface area contributed by atoms with Crippen molar-refractivity contribution in [3.63, 3.8) is 0 Å². The first-order valence-corrected chi connectivity index (χ1v) is 22.4. The Balaban J connectivity index is 1.61. The van der Waals surface area contributed by atoms with Gasteiger partial charge in [0.15, 0.2) is 5.78 Å². The number of ketones is 1. The van der Waals surface area contributed by atoms with Gasteiger partial charge < -0.3 is 48.1 Å². The molecule has 0 aliphatic heterocycles. The number of carbonyl (C=O) groups excluding carboxylic acids is 8. The standard InChI is InChI=1S/C51H64N8O10/c1-29(53-44(66)48(3,4)52)40(61)57-50(7,8)46(68)56-38(28-32-22-23-33-16-14-15-19-36(33)26-32)42(63)59-51(9,10)47(69)55-37(41(62)58-49(5,6)45(67)54-30(2)43(64)65)27-31-20-24-35(25-21-31)39(60)34-17-12-11-13-18-34/h11-26,29-30,37-38H,27-28,52H2,1-10H3,(H,53,66)(H,54,67)(H,55,69)(H,56,68)(H,57,61)(H,58,62)(H,59,63)(H,64,65).